The van der Waals surface area contributed by atoms with Crippen LogP contribution in [0.4, 0.5) is 0 Å². The second kappa shape index (κ2) is 5.85. The Labute approximate surface area is 119 Å². The van der Waals surface area contributed by atoms with Gasteiger partial charge in [0.1, 0.15) is 17.5 Å². The smallest absolute Gasteiger partial charge is 0.328 e. The molecule has 1 fully saturated rings. The third-order valence-electron chi connectivity index (χ3n) is 2.79. The second-order valence-electron chi connectivity index (χ2n) is 4.24. The molecular weight excluding hydrogens is 292 g/mol. The highest BCUT2D eigenvalue weighted by Gasteiger charge is 2.28. The highest BCUT2D eigenvalue weighted by atomic mass is 35.5. The maximum atomic E-state index is 11.8. The number of ether oxygens (including phenoxy) is 2. The monoisotopic (exact) mass is 304 g/mol. The number of nitrogens with one attached hydrogen (secondary N) is 1. The van der Waals surface area contributed by atoms with Crippen molar-refractivity contribution in [3.05, 3.63) is 26.3 Å². The van der Waals surface area contributed by atoms with Gasteiger partial charge in [-0.05, 0) is 12.8 Å². The zero-order chi connectivity index (χ0) is 14.0. The van der Waals surface area contributed by atoms with E-state index in [9.17, 15) is 9.59 Å². The van der Waals surface area contributed by atoms with Gasteiger partial charge >= 0.3 is 11.7 Å². The van der Waals surface area contributed by atoms with E-state index >= 15 is 0 Å². The molecule has 2 atom stereocenters. The van der Waals surface area contributed by atoms with Gasteiger partial charge < -0.3 is 9.47 Å². The summed E-state index contributed by atoms with van der Waals surface area (Å²) in [5.74, 6) is -0.351. The summed E-state index contributed by atoms with van der Waals surface area (Å²) in [4.78, 5) is 25.0. The van der Waals surface area contributed by atoms with Gasteiger partial charge in [-0.2, -0.15) is 0 Å². The Kier molecular flexibility index (Phi) is 4.38. The molecule has 2 rings (SSSR count). The van der Waals surface area contributed by atoms with E-state index in [-0.39, 0.29) is 29.0 Å². The summed E-state index contributed by atoms with van der Waals surface area (Å²) < 4.78 is 12.1. The molecule has 0 unspecified atom stereocenters. The molecule has 0 radical (unpaired) electrons. The van der Waals surface area contributed by atoms with Gasteiger partial charge in [0.05, 0.1) is 11.1 Å². The van der Waals surface area contributed by atoms with Gasteiger partial charge in [-0.3, -0.25) is 14.3 Å². The van der Waals surface area contributed by atoms with Crippen LogP contribution in [0.3, 0.4) is 0 Å². The molecular formula is C11H13ClN2O4S. The first-order chi connectivity index (χ1) is 8.97. The Morgan fingerprint density at radius 3 is 3.11 bits per heavy atom. The quantitative estimate of drug-likeness (QED) is 0.681. The third kappa shape index (κ3) is 3.43. The van der Waals surface area contributed by atoms with E-state index in [2.05, 4.69) is 4.98 Å². The number of H-pyrrole nitrogens is 1. The molecule has 104 valence electrons. The number of nitrogens with zero attached hydrogens (tertiary/aromatic N) is 1. The molecule has 0 aromatic carbocycles. The fourth-order valence-electron chi connectivity index (χ4n) is 1.90. The number of esters is 1. The van der Waals surface area contributed by atoms with Crippen molar-refractivity contribution in [3.8, 4) is 0 Å². The maximum Gasteiger partial charge on any atom is 0.328 e. The Hall–Kier alpha value is -1.18. The first-order valence-electron chi connectivity index (χ1n) is 5.77. The van der Waals surface area contributed by atoms with Gasteiger partial charge in [0.15, 0.2) is 0 Å². The molecule has 1 aliphatic rings. The van der Waals surface area contributed by atoms with Crippen molar-refractivity contribution in [3.63, 3.8) is 0 Å². The minimum absolute atomic E-state index is 0.192. The van der Waals surface area contributed by atoms with Crippen molar-refractivity contribution in [2.75, 3.05) is 6.61 Å². The molecule has 0 saturated carbocycles. The van der Waals surface area contributed by atoms with E-state index in [0.29, 0.717) is 17.9 Å². The fourth-order valence-corrected chi connectivity index (χ4v) is 2.19. The van der Waals surface area contributed by atoms with Crippen LogP contribution in [0.5, 0.6) is 0 Å². The Morgan fingerprint density at radius 1 is 1.68 bits per heavy atom. The SMILES string of the molecule is CC(=O)OC[C@@H]1CC[C@H](n2cc(Cl)c(=S)[nH]c2=O)O1. The topological polar surface area (TPSA) is 73.3 Å². The molecule has 0 bridgehead atoms. The van der Waals surface area contributed by atoms with Gasteiger partial charge in [-0.15, -0.1) is 0 Å². The van der Waals surface area contributed by atoms with Crippen LogP contribution in [-0.2, 0) is 14.3 Å². The zero-order valence-electron chi connectivity index (χ0n) is 10.2. The van der Waals surface area contributed by atoms with Crippen LogP contribution in [0, 0.1) is 4.64 Å². The lowest BCUT2D eigenvalue weighted by molar-refractivity contribution is -0.145. The molecule has 8 heteroatoms. The average Bonchev–Trinajstić information content (AvgIpc) is 2.80. The second-order valence-corrected chi connectivity index (χ2v) is 5.05. The minimum Gasteiger partial charge on any atom is -0.463 e. The van der Waals surface area contributed by atoms with Crippen LogP contribution in [0.1, 0.15) is 26.0 Å². The van der Waals surface area contributed by atoms with Crippen LogP contribution in [0.25, 0.3) is 0 Å². The molecule has 6 nitrogen and oxygen atoms in total. The Balaban J connectivity index is 2.09. The maximum absolute atomic E-state index is 11.8. The summed E-state index contributed by atoms with van der Waals surface area (Å²) in [5.41, 5.74) is -0.368. The Bertz CT molecular complexity index is 597. The van der Waals surface area contributed by atoms with Crippen LogP contribution in [-0.4, -0.2) is 28.2 Å². The summed E-state index contributed by atoms with van der Waals surface area (Å²) in [6, 6.07) is 0. The molecule has 1 saturated heterocycles. The first-order valence-corrected chi connectivity index (χ1v) is 6.56. The van der Waals surface area contributed by atoms with Gasteiger partial charge in [0.25, 0.3) is 0 Å². The van der Waals surface area contributed by atoms with Gasteiger partial charge in [-0.25, -0.2) is 4.79 Å². The number of aromatic nitrogens is 2. The van der Waals surface area contributed by atoms with E-state index < -0.39 is 6.23 Å². The van der Waals surface area contributed by atoms with Gasteiger partial charge in [0.2, 0.25) is 0 Å². The van der Waals surface area contributed by atoms with Crippen molar-refractivity contribution in [1.82, 2.24) is 9.55 Å². The van der Waals surface area contributed by atoms with Crippen LogP contribution in [0.15, 0.2) is 11.0 Å². The fraction of sp³-hybridized carbons (Fsp3) is 0.545. The molecule has 1 aromatic heterocycles. The minimum atomic E-state index is -0.419. The highest BCUT2D eigenvalue weighted by molar-refractivity contribution is 7.71. The standard InChI is InChI=1S/C11H13ClN2O4S/c1-6(15)17-5-7-2-3-9(18-7)14-4-8(12)10(19)13-11(14)16/h4,7,9H,2-3,5H2,1H3,(H,13,16,19)/t7-,9+/m0/s1. The lowest BCUT2D eigenvalue weighted by Gasteiger charge is -2.15. The lowest BCUT2D eigenvalue weighted by atomic mass is 10.2. The number of rotatable bonds is 3. The van der Waals surface area contributed by atoms with Crippen LogP contribution >= 0.6 is 23.8 Å². The summed E-state index contributed by atoms with van der Waals surface area (Å²) in [5, 5.41) is 0.293. The lowest BCUT2D eigenvalue weighted by Crippen LogP contribution is -2.27. The summed E-state index contributed by atoms with van der Waals surface area (Å²) in [6.45, 7) is 1.53. The van der Waals surface area contributed by atoms with Crippen molar-refractivity contribution in [1.29, 1.82) is 0 Å². The number of halogens is 1. The van der Waals surface area contributed by atoms with E-state index in [1.807, 2.05) is 0 Å². The van der Waals surface area contributed by atoms with Crippen molar-refractivity contribution in [2.45, 2.75) is 32.1 Å². The van der Waals surface area contributed by atoms with Crippen LogP contribution < -0.4 is 5.69 Å². The van der Waals surface area contributed by atoms with E-state index in [1.165, 1.54) is 17.7 Å². The first kappa shape index (κ1) is 14.2. The van der Waals surface area contributed by atoms with Crippen molar-refractivity contribution in [2.24, 2.45) is 0 Å². The molecule has 0 spiro atoms. The molecule has 1 aromatic rings. The number of carbonyl (C=O) groups is 1. The molecule has 0 amide bonds. The largest absolute Gasteiger partial charge is 0.463 e. The molecule has 0 aliphatic carbocycles. The number of hydrogen-bond acceptors (Lipinski definition) is 5. The zero-order valence-corrected chi connectivity index (χ0v) is 11.8. The highest BCUT2D eigenvalue weighted by Crippen LogP contribution is 2.27. The van der Waals surface area contributed by atoms with E-state index in [4.69, 9.17) is 33.3 Å². The predicted molar refractivity (Wildman–Crippen MR) is 70.7 cm³/mol. The third-order valence-corrected chi connectivity index (χ3v) is 3.51. The van der Waals surface area contributed by atoms with Crippen LogP contribution in [0.2, 0.25) is 5.02 Å². The molecule has 1 aliphatic heterocycles. The number of hydrogen-bond donors (Lipinski definition) is 1. The number of aromatic amines is 1. The normalized spacial score (nSPS) is 22.4. The average molecular weight is 305 g/mol. The summed E-state index contributed by atoms with van der Waals surface area (Å²) in [6.07, 6.45) is 2.19. The summed E-state index contributed by atoms with van der Waals surface area (Å²) >= 11 is 10.8. The predicted octanol–water partition coefficient (Wildman–Crippen LogP) is 1.80. The van der Waals surface area contributed by atoms with E-state index in [0.717, 1.165) is 0 Å². The van der Waals surface area contributed by atoms with Gasteiger partial charge in [0, 0.05) is 13.1 Å². The van der Waals surface area contributed by atoms with E-state index in [1.54, 1.807) is 0 Å². The van der Waals surface area contributed by atoms with Gasteiger partial charge in [-0.1, -0.05) is 23.8 Å². The molecule has 2 heterocycles. The molecule has 1 N–H and O–H groups in total. The summed E-state index contributed by atoms with van der Waals surface area (Å²) in [7, 11) is 0. The molecule has 19 heavy (non-hydrogen) atoms. The Morgan fingerprint density at radius 2 is 2.42 bits per heavy atom. The number of carbonyl (C=O) groups excluding carboxylic acids is 1. The van der Waals surface area contributed by atoms with Crippen molar-refractivity contribution >= 4 is 29.8 Å². The van der Waals surface area contributed by atoms with Crippen molar-refractivity contribution < 1.29 is 14.3 Å².